The van der Waals surface area contributed by atoms with Gasteiger partial charge >= 0.3 is 0 Å². The molecule has 0 radical (unpaired) electrons. The van der Waals surface area contributed by atoms with Crippen molar-refractivity contribution in [1.29, 1.82) is 0 Å². The molecule has 1 aromatic rings. The van der Waals surface area contributed by atoms with Gasteiger partial charge in [0.2, 0.25) is 10.0 Å². The molecule has 25 heavy (non-hydrogen) atoms. The maximum absolute atomic E-state index is 12.8. The van der Waals surface area contributed by atoms with E-state index in [9.17, 15) is 8.42 Å². The second kappa shape index (κ2) is 8.68. The lowest BCUT2D eigenvalue weighted by molar-refractivity contribution is -0.0116. The SMILES string of the molecule is O=S(=O)(NC1CCNCC1)c1cc(Cl)ccc1OCC1CCCCO1. The lowest BCUT2D eigenvalue weighted by atomic mass is 10.1. The minimum Gasteiger partial charge on any atom is -0.489 e. The summed E-state index contributed by atoms with van der Waals surface area (Å²) < 4.78 is 39.9. The van der Waals surface area contributed by atoms with Gasteiger partial charge in [-0.3, -0.25) is 0 Å². The molecule has 2 saturated heterocycles. The number of hydrogen-bond donors (Lipinski definition) is 2. The standard InChI is InChI=1S/C17H25ClN2O4S/c18-13-4-5-16(24-12-15-3-1-2-10-23-15)17(11-13)25(21,22)20-14-6-8-19-9-7-14/h4-5,11,14-15,19-20H,1-3,6-10,12H2. The highest BCUT2D eigenvalue weighted by Gasteiger charge is 2.26. The van der Waals surface area contributed by atoms with Crippen LogP contribution in [0.15, 0.2) is 23.1 Å². The Kier molecular flexibility index (Phi) is 6.57. The van der Waals surface area contributed by atoms with E-state index in [4.69, 9.17) is 21.1 Å². The van der Waals surface area contributed by atoms with Crippen LogP contribution >= 0.6 is 11.6 Å². The van der Waals surface area contributed by atoms with Gasteiger partial charge in [0.15, 0.2) is 0 Å². The summed E-state index contributed by atoms with van der Waals surface area (Å²) in [6, 6.07) is 4.63. The van der Waals surface area contributed by atoms with E-state index in [1.807, 2.05) is 0 Å². The van der Waals surface area contributed by atoms with Crippen molar-refractivity contribution in [3.8, 4) is 5.75 Å². The fourth-order valence-electron chi connectivity index (χ4n) is 3.16. The minimum absolute atomic E-state index is 0.0114. The minimum atomic E-state index is -3.69. The molecule has 3 rings (SSSR count). The summed E-state index contributed by atoms with van der Waals surface area (Å²) in [5, 5.41) is 3.59. The molecule has 140 valence electrons. The molecule has 2 fully saturated rings. The van der Waals surface area contributed by atoms with Crippen LogP contribution in [-0.2, 0) is 14.8 Å². The zero-order valence-electron chi connectivity index (χ0n) is 14.2. The van der Waals surface area contributed by atoms with E-state index in [0.717, 1.165) is 51.8 Å². The van der Waals surface area contributed by atoms with E-state index in [2.05, 4.69) is 10.0 Å². The van der Waals surface area contributed by atoms with E-state index < -0.39 is 10.0 Å². The fraction of sp³-hybridized carbons (Fsp3) is 0.647. The molecule has 2 N–H and O–H groups in total. The number of nitrogens with one attached hydrogen (secondary N) is 2. The summed E-state index contributed by atoms with van der Waals surface area (Å²) in [6.45, 7) is 2.70. The lowest BCUT2D eigenvalue weighted by Gasteiger charge is -2.25. The normalized spacial score (nSPS) is 22.7. The smallest absolute Gasteiger partial charge is 0.244 e. The first kappa shape index (κ1) is 18.9. The fourth-order valence-corrected chi connectivity index (χ4v) is 4.87. The van der Waals surface area contributed by atoms with Crippen LogP contribution in [-0.4, -0.2) is 46.9 Å². The zero-order chi connectivity index (χ0) is 17.7. The van der Waals surface area contributed by atoms with Gasteiger partial charge in [-0.25, -0.2) is 13.1 Å². The summed E-state index contributed by atoms with van der Waals surface area (Å²) in [5.74, 6) is 0.319. The molecule has 0 saturated carbocycles. The van der Waals surface area contributed by atoms with E-state index in [1.54, 1.807) is 12.1 Å². The molecule has 0 aromatic heterocycles. The highest BCUT2D eigenvalue weighted by molar-refractivity contribution is 7.89. The molecule has 2 aliphatic heterocycles. The first-order valence-electron chi connectivity index (χ1n) is 8.81. The number of sulfonamides is 1. The molecule has 1 atom stereocenters. The molecule has 0 amide bonds. The largest absolute Gasteiger partial charge is 0.489 e. The Bertz CT molecular complexity index is 671. The second-order valence-corrected chi connectivity index (χ2v) is 8.66. The van der Waals surface area contributed by atoms with Gasteiger partial charge in [-0.05, 0) is 63.4 Å². The van der Waals surface area contributed by atoms with Gasteiger partial charge in [0.1, 0.15) is 17.3 Å². The number of ether oxygens (including phenoxy) is 2. The molecule has 0 spiro atoms. The van der Waals surface area contributed by atoms with Crippen molar-refractivity contribution in [3.05, 3.63) is 23.2 Å². The Morgan fingerprint density at radius 3 is 2.76 bits per heavy atom. The van der Waals surface area contributed by atoms with Crippen LogP contribution in [0.5, 0.6) is 5.75 Å². The quantitative estimate of drug-likeness (QED) is 0.782. The summed E-state index contributed by atoms with van der Waals surface area (Å²) >= 11 is 6.03. The molecule has 6 nitrogen and oxygen atoms in total. The Balaban J connectivity index is 1.72. The maximum atomic E-state index is 12.8. The van der Waals surface area contributed by atoms with Gasteiger partial charge in [-0.2, -0.15) is 0 Å². The van der Waals surface area contributed by atoms with Crippen molar-refractivity contribution in [2.75, 3.05) is 26.3 Å². The van der Waals surface area contributed by atoms with Crippen molar-refractivity contribution in [1.82, 2.24) is 10.0 Å². The first-order valence-corrected chi connectivity index (χ1v) is 10.7. The Labute approximate surface area is 154 Å². The summed E-state index contributed by atoms with van der Waals surface area (Å²) in [5.41, 5.74) is 0. The second-order valence-electron chi connectivity index (χ2n) is 6.54. The van der Waals surface area contributed by atoms with Gasteiger partial charge in [0.25, 0.3) is 0 Å². The molecule has 2 heterocycles. The van der Waals surface area contributed by atoms with E-state index in [0.29, 0.717) is 17.4 Å². The van der Waals surface area contributed by atoms with Crippen molar-refractivity contribution in [3.63, 3.8) is 0 Å². The first-order chi connectivity index (χ1) is 12.0. The van der Waals surface area contributed by atoms with Gasteiger partial charge in [-0.15, -0.1) is 0 Å². The van der Waals surface area contributed by atoms with Crippen LogP contribution in [0.2, 0.25) is 5.02 Å². The predicted molar refractivity (Wildman–Crippen MR) is 96.8 cm³/mol. The van der Waals surface area contributed by atoms with Crippen LogP contribution in [0.1, 0.15) is 32.1 Å². The van der Waals surface area contributed by atoms with Gasteiger partial charge < -0.3 is 14.8 Å². The van der Waals surface area contributed by atoms with E-state index in [1.165, 1.54) is 6.07 Å². The summed E-state index contributed by atoms with van der Waals surface area (Å²) in [4.78, 5) is 0.0920. The highest BCUT2D eigenvalue weighted by Crippen LogP contribution is 2.28. The molecule has 2 aliphatic rings. The Morgan fingerprint density at radius 2 is 2.04 bits per heavy atom. The van der Waals surface area contributed by atoms with Crippen LogP contribution in [0, 0.1) is 0 Å². The van der Waals surface area contributed by atoms with E-state index >= 15 is 0 Å². The van der Waals surface area contributed by atoms with Crippen LogP contribution in [0.4, 0.5) is 0 Å². The number of piperidine rings is 1. The van der Waals surface area contributed by atoms with Crippen molar-refractivity contribution >= 4 is 21.6 Å². The number of benzene rings is 1. The third-order valence-corrected chi connectivity index (χ3v) is 6.33. The van der Waals surface area contributed by atoms with Gasteiger partial charge in [-0.1, -0.05) is 11.6 Å². The number of halogens is 1. The van der Waals surface area contributed by atoms with Crippen LogP contribution in [0.3, 0.4) is 0 Å². The van der Waals surface area contributed by atoms with Crippen molar-refractivity contribution in [2.24, 2.45) is 0 Å². The average molecular weight is 389 g/mol. The number of rotatable bonds is 6. The topological polar surface area (TPSA) is 76.7 Å². The zero-order valence-corrected chi connectivity index (χ0v) is 15.7. The Morgan fingerprint density at radius 1 is 1.24 bits per heavy atom. The summed E-state index contributed by atoms with van der Waals surface area (Å²) in [6.07, 6.45) is 4.66. The molecular weight excluding hydrogens is 364 g/mol. The maximum Gasteiger partial charge on any atom is 0.244 e. The van der Waals surface area contributed by atoms with Crippen molar-refractivity contribution < 1.29 is 17.9 Å². The molecule has 1 unspecified atom stereocenters. The molecule has 0 bridgehead atoms. The van der Waals surface area contributed by atoms with Crippen LogP contribution in [0.25, 0.3) is 0 Å². The molecule has 0 aliphatic carbocycles. The van der Waals surface area contributed by atoms with Gasteiger partial charge in [0, 0.05) is 17.7 Å². The predicted octanol–water partition coefficient (Wildman–Crippen LogP) is 2.32. The average Bonchev–Trinajstić information content (AvgIpc) is 2.62. The monoisotopic (exact) mass is 388 g/mol. The molecule has 8 heteroatoms. The number of hydrogen-bond acceptors (Lipinski definition) is 5. The third-order valence-electron chi connectivity index (χ3n) is 4.55. The Hall–Kier alpha value is -0.860. The summed E-state index contributed by atoms with van der Waals surface area (Å²) in [7, 11) is -3.69. The van der Waals surface area contributed by atoms with Gasteiger partial charge in [0.05, 0.1) is 6.10 Å². The highest BCUT2D eigenvalue weighted by atomic mass is 35.5. The van der Waals surface area contributed by atoms with E-state index in [-0.39, 0.29) is 17.0 Å². The third kappa shape index (κ3) is 5.31. The molecule has 1 aromatic carbocycles. The van der Waals surface area contributed by atoms with Crippen molar-refractivity contribution in [2.45, 2.75) is 49.1 Å². The van der Waals surface area contributed by atoms with Crippen LogP contribution < -0.4 is 14.8 Å². The molecular formula is C17H25ClN2O4S. The lowest BCUT2D eigenvalue weighted by Crippen LogP contribution is -2.42.